The largest absolute Gasteiger partial charge is 0.503 e. The maximum atomic E-state index is 13.7. The Morgan fingerprint density at radius 3 is 2.28 bits per heavy atom. The maximum Gasteiger partial charge on any atom is 0.294 e. The number of aromatic nitrogens is 1. The Labute approximate surface area is 213 Å². The molecule has 0 fully saturated rings. The Kier molecular flexibility index (Phi) is 6.16. The van der Waals surface area contributed by atoms with E-state index >= 15 is 0 Å². The van der Waals surface area contributed by atoms with E-state index in [1.165, 1.54) is 16.2 Å². The molecule has 1 aliphatic heterocycles. The Bertz CT molecular complexity index is 1490. The van der Waals surface area contributed by atoms with Gasteiger partial charge in [-0.3, -0.25) is 14.5 Å². The van der Waals surface area contributed by atoms with Crippen LogP contribution in [-0.2, 0) is 4.79 Å². The van der Waals surface area contributed by atoms with Crippen LogP contribution in [0.2, 0.25) is 0 Å². The lowest BCUT2D eigenvalue weighted by Crippen LogP contribution is -2.31. The molecule has 2 heterocycles. The summed E-state index contributed by atoms with van der Waals surface area (Å²) in [5.74, 6) is -0.250. The van der Waals surface area contributed by atoms with Crippen LogP contribution in [0.3, 0.4) is 0 Å². The van der Waals surface area contributed by atoms with Crippen LogP contribution in [0, 0.1) is 20.8 Å². The highest BCUT2D eigenvalue weighted by Gasteiger charge is 2.45. The van der Waals surface area contributed by atoms with Crippen molar-refractivity contribution in [2.45, 2.75) is 26.8 Å². The summed E-state index contributed by atoms with van der Waals surface area (Å²) in [5, 5.41) is 11.7. The maximum absolute atomic E-state index is 13.7. The first kappa shape index (κ1) is 23.5. The van der Waals surface area contributed by atoms with Crippen molar-refractivity contribution in [1.29, 1.82) is 0 Å². The molecule has 36 heavy (non-hydrogen) atoms. The summed E-state index contributed by atoms with van der Waals surface area (Å²) >= 11 is 1.26. The van der Waals surface area contributed by atoms with Gasteiger partial charge in [0.1, 0.15) is 11.5 Å². The van der Waals surface area contributed by atoms with E-state index in [1.807, 2.05) is 68.4 Å². The fourth-order valence-electron chi connectivity index (χ4n) is 4.42. The first-order valence-corrected chi connectivity index (χ1v) is 12.3. The molecule has 180 valence electrons. The lowest BCUT2D eigenvalue weighted by Gasteiger charge is -2.27. The van der Waals surface area contributed by atoms with Gasteiger partial charge < -0.3 is 9.84 Å². The molecule has 3 aromatic carbocycles. The van der Waals surface area contributed by atoms with Gasteiger partial charge in [0.15, 0.2) is 5.76 Å². The molecule has 0 saturated heterocycles. The minimum atomic E-state index is -0.785. The van der Waals surface area contributed by atoms with Crippen molar-refractivity contribution in [2.24, 2.45) is 0 Å². The second-order valence-electron chi connectivity index (χ2n) is 8.64. The number of Topliss-reactive ketones (excluding diaryl/α,β-unsaturated/α-hetero) is 1. The fourth-order valence-corrected chi connectivity index (χ4v) is 5.30. The number of aliphatic hydroxyl groups is 1. The Morgan fingerprint density at radius 2 is 1.64 bits per heavy atom. The van der Waals surface area contributed by atoms with Gasteiger partial charge in [0.05, 0.1) is 27.2 Å². The molecule has 0 saturated carbocycles. The molecule has 0 bridgehead atoms. The summed E-state index contributed by atoms with van der Waals surface area (Å²) < 4.78 is 5.88. The average Bonchev–Trinajstić information content (AvgIpc) is 3.35. The standard InChI is InChI=1S/C29H24N2O4S/c1-17-8-7-9-20(16-17)25-24(26(32)28-18(2)30-19(3)36-28)27(33)29(34)31(25)21-12-14-23(15-13-21)35-22-10-5-4-6-11-22/h4-16,25,33H,1-3H3. The van der Waals surface area contributed by atoms with E-state index in [0.29, 0.717) is 27.8 Å². The van der Waals surface area contributed by atoms with Gasteiger partial charge in [-0.1, -0.05) is 48.0 Å². The van der Waals surface area contributed by atoms with Crippen molar-refractivity contribution in [3.63, 3.8) is 0 Å². The molecular weight excluding hydrogens is 472 g/mol. The van der Waals surface area contributed by atoms with Gasteiger partial charge in [0, 0.05) is 5.69 Å². The summed E-state index contributed by atoms with van der Waals surface area (Å²) in [4.78, 5) is 33.4. The summed E-state index contributed by atoms with van der Waals surface area (Å²) in [6.07, 6.45) is 0. The number of ether oxygens (including phenoxy) is 1. The van der Waals surface area contributed by atoms with E-state index in [2.05, 4.69) is 4.98 Å². The van der Waals surface area contributed by atoms with E-state index in [-0.39, 0.29) is 11.4 Å². The SMILES string of the molecule is Cc1cccc(C2C(C(=O)c3sc(C)nc3C)=C(O)C(=O)N2c2ccc(Oc3ccccc3)cc2)c1. The third-order valence-corrected chi connectivity index (χ3v) is 7.09. The summed E-state index contributed by atoms with van der Waals surface area (Å²) in [5.41, 5.74) is 2.90. The summed E-state index contributed by atoms with van der Waals surface area (Å²) in [6.45, 7) is 5.53. The van der Waals surface area contributed by atoms with Gasteiger partial charge in [0.2, 0.25) is 5.78 Å². The quantitative estimate of drug-likeness (QED) is 0.303. The van der Waals surface area contributed by atoms with Crippen molar-refractivity contribution in [3.05, 3.63) is 117 Å². The smallest absolute Gasteiger partial charge is 0.294 e. The lowest BCUT2D eigenvalue weighted by molar-refractivity contribution is -0.117. The number of hydrogen-bond acceptors (Lipinski definition) is 6. The highest BCUT2D eigenvalue weighted by atomic mass is 32.1. The molecule has 1 aromatic heterocycles. The highest BCUT2D eigenvalue weighted by Crippen LogP contribution is 2.43. The van der Waals surface area contributed by atoms with Crippen molar-refractivity contribution < 1.29 is 19.4 Å². The van der Waals surface area contributed by atoms with Gasteiger partial charge >= 0.3 is 0 Å². The summed E-state index contributed by atoms with van der Waals surface area (Å²) in [7, 11) is 0. The second-order valence-corrected chi connectivity index (χ2v) is 9.84. The van der Waals surface area contributed by atoms with Crippen molar-refractivity contribution in [2.75, 3.05) is 4.90 Å². The number of thiazole rings is 1. The average molecular weight is 497 g/mol. The normalized spacial score (nSPS) is 15.5. The van der Waals surface area contributed by atoms with Gasteiger partial charge in [-0.05, 0) is 62.7 Å². The number of benzene rings is 3. The van der Waals surface area contributed by atoms with Gasteiger partial charge in [0.25, 0.3) is 5.91 Å². The number of ketones is 1. The number of amides is 1. The van der Waals surface area contributed by atoms with E-state index in [0.717, 1.165) is 16.1 Å². The Balaban J connectivity index is 1.56. The van der Waals surface area contributed by atoms with E-state index in [4.69, 9.17) is 4.74 Å². The molecule has 0 spiro atoms. The van der Waals surface area contributed by atoms with Crippen LogP contribution >= 0.6 is 11.3 Å². The molecule has 0 aliphatic carbocycles. The number of nitrogens with zero attached hydrogens (tertiary/aromatic N) is 2. The number of aliphatic hydroxyl groups excluding tert-OH is 1. The number of rotatable bonds is 6. The third kappa shape index (κ3) is 4.29. The third-order valence-electron chi connectivity index (χ3n) is 6.01. The number of anilines is 1. The predicted molar refractivity (Wildman–Crippen MR) is 140 cm³/mol. The molecule has 1 amide bonds. The minimum absolute atomic E-state index is 0.0574. The molecule has 6 nitrogen and oxygen atoms in total. The van der Waals surface area contributed by atoms with E-state index < -0.39 is 17.7 Å². The van der Waals surface area contributed by atoms with Crippen LogP contribution in [0.1, 0.15) is 37.5 Å². The zero-order chi connectivity index (χ0) is 25.4. The summed E-state index contributed by atoms with van der Waals surface area (Å²) in [6, 6.07) is 23.2. The van der Waals surface area contributed by atoms with E-state index in [9.17, 15) is 14.7 Å². The number of para-hydroxylation sites is 1. The van der Waals surface area contributed by atoms with Crippen molar-refractivity contribution >= 4 is 28.7 Å². The van der Waals surface area contributed by atoms with Crippen LogP contribution in [0.25, 0.3) is 0 Å². The van der Waals surface area contributed by atoms with Crippen LogP contribution in [0.15, 0.2) is 90.2 Å². The molecule has 5 rings (SSSR count). The van der Waals surface area contributed by atoms with Gasteiger partial charge in [-0.15, -0.1) is 11.3 Å². The van der Waals surface area contributed by atoms with Gasteiger partial charge in [-0.25, -0.2) is 4.98 Å². The van der Waals surface area contributed by atoms with Gasteiger partial charge in [-0.2, -0.15) is 0 Å². The monoisotopic (exact) mass is 496 g/mol. The highest BCUT2D eigenvalue weighted by molar-refractivity contribution is 7.14. The van der Waals surface area contributed by atoms with Crippen LogP contribution in [0.4, 0.5) is 5.69 Å². The zero-order valence-electron chi connectivity index (χ0n) is 20.1. The number of carbonyl (C=O) groups excluding carboxylic acids is 2. The number of hydrogen-bond donors (Lipinski definition) is 1. The van der Waals surface area contributed by atoms with Crippen LogP contribution in [0.5, 0.6) is 11.5 Å². The molecule has 4 aromatic rings. The zero-order valence-corrected chi connectivity index (χ0v) is 20.9. The van der Waals surface area contributed by atoms with Crippen LogP contribution in [-0.4, -0.2) is 21.8 Å². The molecule has 1 unspecified atom stereocenters. The topological polar surface area (TPSA) is 79.7 Å². The first-order valence-electron chi connectivity index (χ1n) is 11.5. The molecule has 7 heteroatoms. The van der Waals surface area contributed by atoms with E-state index in [1.54, 1.807) is 31.2 Å². The fraction of sp³-hybridized carbons (Fsp3) is 0.138. The molecule has 1 aliphatic rings. The molecule has 0 radical (unpaired) electrons. The van der Waals surface area contributed by atoms with Crippen LogP contribution < -0.4 is 9.64 Å². The number of carbonyl (C=O) groups is 2. The van der Waals surface area contributed by atoms with Crippen molar-refractivity contribution in [1.82, 2.24) is 4.98 Å². The first-order chi connectivity index (χ1) is 17.3. The minimum Gasteiger partial charge on any atom is -0.503 e. The molecule has 1 N–H and O–H groups in total. The second kappa shape index (κ2) is 9.43. The molecular formula is C29H24N2O4S. The Hall–Kier alpha value is -4.23. The number of aryl methyl sites for hydroxylation is 3. The van der Waals surface area contributed by atoms with Crippen molar-refractivity contribution in [3.8, 4) is 11.5 Å². The Morgan fingerprint density at radius 1 is 0.944 bits per heavy atom. The predicted octanol–water partition coefficient (Wildman–Crippen LogP) is 6.64. The molecule has 1 atom stereocenters. The lowest BCUT2D eigenvalue weighted by atomic mass is 9.94.